The number of furan rings is 1. The van der Waals surface area contributed by atoms with Crippen LogP contribution < -0.4 is 0 Å². The smallest absolute Gasteiger partial charge is 0.341 e. The number of carbonyl (C=O) groups excluding carboxylic acids is 1. The summed E-state index contributed by atoms with van der Waals surface area (Å²) in [5, 5.41) is 0. The van der Waals surface area contributed by atoms with Crippen molar-refractivity contribution in [3.05, 3.63) is 29.7 Å². The first-order valence-corrected chi connectivity index (χ1v) is 4.16. The van der Waals surface area contributed by atoms with Crippen molar-refractivity contribution in [3.63, 3.8) is 0 Å². The Hall–Kier alpha value is -1.51. The number of allylic oxidation sites excluding steroid dienone is 1. The summed E-state index contributed by atoms with van der Waals surface area (Å²) in [7, 11) is 0. The molecule has 1 aromatic heterocycles. The van der Waals surface area contributed by atoms with Crippen molar-refractivity contribution >= 4 is 12.0 Å². The Morgan fingerprint density at radius 3 is 3.08 bits per heavy atom. The highest BCUT2D eigenvalue weighted by atomic mass is 16.5. The second-order valence-corrected chi connectivity index (χ2v) is 2.46. The first-order valence-electron chi connectivity index (χ1n) is 4.16. The first-order chi connectivity index (χ1) is 6.27. The summed E-state index contributed by atoms with van der Waals surface area (Å²) in [5.41, 5.74) is 0.454. The molecule has 0 amide bonds. The summed E-state index contributed by atoms with van der Waals surface area (Å²) in [6, 6.07) is 1.65. The molecule has 0 aromatic carbocycles. The van der Waals surface area contributed by atoms with Gasteiger partial charge < -0.3 is 9.15 Å². The summed E-state index contributed by atoms with van der Waals surface area (Å²) in [6.07, 6.45) is 5.02. The molecule has 3 heteroatoms. The molecule has 0 aliphatic heterocycles. The quantitative estimate of drug-likeness (QED) is 0.671. The normalized spacial score (nSPS) is 10.6. The molecular weight excluding hydrogens is 168 g/mol. The third-order valence-electron chi connectivity index (χ3n) is 1.46. The molecule has 1 rings (SSSR count). The lowest BCUT2D eigenvalue weighted by Gasteiger charge is -1.95. The number of carbonyl (C=O) groups is 1. The molecule has 1 aromatic rings. The van der Waals surface area contributed by atoms with E-state index in [1.165, 1.54) is 6.26 Å². The molecule has 0 radical (unpaired) electrons. The molecule has 0 N–H and O–H groups in total. The van der Waals surface area contributed by atoms with Gasteiger partial charge in [-0.3, -0.25) is 0 Å². The highest BCUT2D eigenvalue weighted by molar-refractivity contribution is 5.89. The van der Waals surface area contributed by atoms with E-state index in [1.807, 2.05) is 13.0 Å². The van der Waals surface area contributed by atoms with Gasteiger partial charge in [-0.15, -0.1) is 0 Å². The molecule has 0 unspecified atom stereocenters. The molecule has 0 aliphatic rings. The van der Waals surface area contributed by atoms with E-state index in [4.69, 9.17) is 9.15 Å². The van der Waals surface area contributed by atoms with Gasteiger partial charge in [0.15, 0.2) is 0 Å². The van der Waals surface area contributed by atoms with Crippen LogP contribution in [0.2, 0.25) is 0 Å². The van der Waals surface area contributed by atoms with E-state index in [0.29, 0.717) is 17.9 Å². The summed E-state index contributed by atoms with van der Waals surface area (Å²) in [5.74, 6) is 0.313. The van der Waals surface area contributed by atoms with Crippen LogP contribution in [0.5, 0.6) is 0 Å². The van der Waals surface area contributed by atoms with E-state index in [-0.39, 0.29) is 5.97 Å². The highest BCUT2D eigenvalue weighted by Crippen LogP contribution is 2.10. The zero-order valence-electron chi connectivity index (χ0n) is 7.74. The van der Waals surface area contributed by atoms with Gasteiger partial charge in [0.05, 0.1) is 12.2 Å². The predicted octanol–water partition coefficient (Wildman–Crippen LogP) is 2.49. The van der Waals surface area contributed by atoms with Crippen LogP contribution in [0.15, 0.2) is 22.8 Å². The molecule has 1 heterocycles. The third-order valence-corrected chi connectivity index (χ3v) is 1.46. The minimum absolute atomic E-state index is 0.345. The minimum atomic E-state index is -0.345. The van der Waals surface area contributed by atoms with Crippen LogP contribution in [0.25, 0.3) is 6.08 Å². The summed E-state index contributed by atoms with van der Waals surface area (Å²) < 4.78 is 9.88. The second-order valence-electron chi connectivity index (χ2n) is 2.46. The molecule has 0 aliphatic carbocycles. The van der Waals surface area contributed by atoms with Crippen LogP contribution in [0.3, 0.4) is 0 Å². The zero-order chi connectivity index (χ0) is 9.68. The average molecular weight is 180 g/mol. The molecular formula is C10H12O3. The molecule has 13 heavy (non-hydrogen) atoms. The fourth-order valence-electron chi connectivity index (χ4n) is 0.926. The van der Waals surface area contributed by atoms with Gasteiger partial charge in [-0.1, -0.05) is 6.08 Å². The fraction of sp³-hybridized carbons (Fsp3) is 0.300. The number of esters is 1. The van der Waals surface area contributed by atoms with Gasteiger partial charge in [0, 0.05) is 0 Å². The SMILES string of the molecule is C/C=C/c1cc(C(=O)OCC)co1. The maximum Gasteiger partial charge on any atom is 0.341 e. The molecule has 3 nitrogen and oxygen atoms in total. The fourth-order valence-corrected chi connectivity index (χ4v) is 0.926. The van der Waals surface area contributed by atoms with E-state index < -0.39 is 0 Å². The van der Waals surface area contributed by atoms with Crippen LogP contribution in [0.4, 0.5) is 0 Å². The lowest BCUT2D eigenvalue weighted by atomic mass is 10.3. The number of rotatable bonds is 3. The van der Waals surface area contributed by atoms with Crippen molar-refractivity contribution in [2.45, 2.75) is 13.8 Å². The number of hydrogen-bond acceptors (Lipinski definition) is 3. The molecule has 0 atom stereocenters. The van der Waals surface area contributed by atoms with Crippen LogP contribution in [-0.4, -0.2) is 12.6 Å². The zero-order valence-corrected chi connectivity index (χ0v) is 7.74. The Labute approximate surface area is 77.0 Å². The van der Waals surface area contributed by atoms with Gasteiger partial charge in [0.2, 0.25) is 0 Å². The summed E-state index contributed by atoms with van der Waals surface area (Å²) in [6.45, 7) is 4.03. The Morgan fingerprint density at radius 2 is 2.46 bits per heavy atom. The third kappa shape index (κ3) is 2.47. The van der Waals surface area contributed by atoms with Crippen molar-refractivity contribution in [3.8, 4) is 0 Å². The Morgan fingerprint density at radius 1 is 1.69 bits per heavy atom. The van der Waals surface area contributed by atoms with Crippen molar-refractivity contribution in [1.82, 2.24) is 0 Å². The van der Waals surface area contributed by atoms with Crippen molar-refractivity contribution in [1.29, 1.82) is 0 Å². The molecule has 0 spiro atoms. The van der Waals surface area contributed by atoms with E-state index in [2.05, 4.69) is 0 Å². The van der Waals surface area contributed by atoms with E-state index in [0.717, 1.165) is 0 Å². The van der Waals surface area contributed by atoms with Gasteiger partial charge >= 0.3 is 5.97 Å². The standard InChI is InChI=1S/C10H12O3/c1-3-5-9-6-8(7-13-9)10(11)12-4-2/h3,5-7H,4H2,1-2H3/b5-3+. The maximum absolute atomic E-state index is 11.2. The van der Waals surface area contributed by atoms with E-state index >= 15 is 0 Å². The van der Waals surface area contributed by atoms with Gasteiger partial charge in [0.25, 0.3) is 0 Å². The van der Waals surface area contributed by atoms with Gasteiger partial charge in [0.1, 0.15) is 12.0 Å². The minimum Gasteiger partial charge on any atom is -0.464 e. The Balaban J connectivity index is 2.73. The summed E-state index contributed by atoms with van der Waals surface area (Å²) in [4.78, 5) is 11.2. The van der Waals surface area contributed by atoms with Gasteiger partial charge in [-0.25, -0.2) is 4.79 Å². The van der Waals surface area contributed by atoms with Gasteiger partial charge in [-0.2, -0.15) is 0 Å². The monoisotopic (exact) mass is 180 g/mol. The molecule has 0 saturated heterocycles. The highest BCUT2D eigenvalue weighted by Gasteiger charge is 2.08. The maximum atomic E-state index is 11.2. The number of hydrogen-bond donors (Lipinski definition) is 0. The molecule has 0 bridgehead atoms. The van der Waals surface area contributed by atoms with E-state index in [9.17, 15) is 4.79 Å². The Kier molecular flexibility index (Phi) is 3.31. The molecule has 0 saturated carbocycles. The van der Waals surface area contributed by atoms with Crippen LogP contribution in [0, 0.1) is 0 Å². The topological polar surface area (TPSA) is 39.4 Å². The first kappa shape index (κ1) is 9.58. The van der Waals surface area contributed by atoms with Crippen molar-refractivity contribution in [2.75, 3.05) is 6.61 Å². The van der Waals surface area contributed by atoms with Crippen LogP contribution >= 0.6 is 0 Å². The van der Waals surface area contributed by atoms with Crippen LogP contribution in [-0.2, 0) is 4.74 Å². The van der Waals surface area contributed by atoms with E-state index in [1.54, 1.807) is 19.1 Å². The second kappa shape index (κ2) is 4.50. The molecule has 0 fully saturated rings. The van der Waals surface area contributed by atoms with Crippen molar-refractivity contribution in [2.24, 2.45) is 0 Å². The molecule has 70 valence electrons. The largest absolute Gasteiger partial charge is 0.464 e. The lowest BCUT2D eigenvalue weighted by Crippen LogP contribution is -2.02. The Bertz CT molecular complexity index is 310. The number of ether oxygens (including phenoxy) is 1. The average Bonchev–Trinajstić information content (AvgIpc) is 2.54. The lowest BCUT2D eigenvalue weighted by molar-refractivity contribution is 0.0525. The summed E-state index contributed by atoms with van der Waals surface area (Å²) >= 11 is 0. The van der Waals surface area contributed by atoms with Crippen LogP contribution in [0.1, 0.15) is 30.0 Å². The van der Waals surface area contributed by atoms with Gasteiger partial charge in [-0.05, 0) is 26.0 Å². The van der Waals surface area contributed by atoms with Crippen molar-refractivity contribution < 1.29 is 13.9 Å². The predicted molar refractivity (Wildman–Crippen MR) is 49.4 cm³/mol.